The van der Waals surface area contributed by atoms with Gasteiger partial charge in [0.05, 0.1) is 5.56 Å². The summed E-state index contributed by atoms with van der Waals surface area (Å²) >= 11 is 7.22. The van der Waals surface area contributed by atoms with Crippen molar-refractivity contribution < 1.29 is 9.59 Å². The number of likely N-dealkylation sites (N-methyl/N-ethyl adjacent to an activating group) is 1. The van der Waals surface area contributed by atoms with E-state index in [1.807, 2.05) is 7.05 Å². The number of nitrogens with two attached hydrogens (primary N) is 1. The Morgan fingerprint density at radius 2 is 1.96 bits per heavy atom. The summed E-state index contributed by atoms with van der Waals surface area (Å²) in [5.74, 6) is -0.515. The van der Waals surface area contributed by atoms with Gasteiger partial charge < -0.3 is 16.0 Å². The highest BCUT2D eigenvalue weighted by Crippen LogP contribution is 2.36. The number of nitrogens with zero attached hydrogens (tertiary/aromatic N) is 1. The molecule has 0 saturated heterocycles. The maximum absolute atomic E-state index is 12.2. The second-order valence-electron chi connectivity index (χ2n) is 5.65. The van der Waals surface area contributed by atoms with Gasteiger partial charge >= 0.3 is 6.03 Å². The summed E-state index contributed by atoms with van der Waals surface area (Å²) in [6.45, 7) is 1.61. The Bertz CT molecular complexity index is 788. The van der Waals surface area contributed by atoms with Crippen molar-refractivity contribution in [1.29, 1.82) is 0 Å². The molecular weight excluding hydrogens is 348 g/mol. The third-order valence-corrected chi connectivity index (χ3v) is 5.21. The van der Waals surface area contributed by atoms with E-state index in [0.29, 0.717) is 21.3 Å². The van der Waals surface area contributed by atoms with Crippen molar-refractivity contribution in [2.45, 2.75) is 13.0 Å². The standard InChI is InChI=1S/C16H17ClN4O2S/c1-21-7-6-11-12(8-21)24-15(13(11)14(18)22)20-16(23)19-10-4-2-9(17)3-5-10/h2-5H,6-8H2,1H3,(H2,18,22)(H2,19,20,23). The minimum Gasteiger partial charge on any atom is -0.365 e. The average Bonchev–Trinajstić information content (AvgIpc) is 2.86. The molecule has 24 heavy (non-hydrogen) atoms. The molecule has 3 rings (SSSR count). The summed E-state index contributed by atoms with van der Waals surface area (Å²) < 4.78 is 0. The molecule has 4 N–H and O–H groups in total. The van der Waals surface area contributed by atoms with Crippen molar-refractivity contribution in [1.82, 2.24) is 4.90 Å². The van der Waals surface area contributed by atoms with Crippen LogP contribution in [-0.4, -0.2) is 30.4 Å². The Morgan fingerprint density at radius 3 is 2.62 bits per heavy atom. The van der Waals surface area contributed by atoms with E-state index in [1.54, 1.807) is 24.3 Å². The lowest BCUT2D eigenvalue weighted by atomic mass is 10.0. The molecule has 1 aliphatic heterocycles. The van der Waals surface area contributed by atoms with Crippen LogP contribution in [0.25, 0.3) is 0 Å². The molecule has 0 radical (unpaired) electrons. The number of fused-ring (bicyclic) bond motifs is 1. The van der Waals surface area contributed by atoms with E-state index in [2.05, 4.69) is 15.5 Å². The summed E-state index contributed by atoms with van der Waals surface area (Å²) in [5, 5.41) is 6.54. The number of primary amides is 1. The van der Waals surface area contributed by atoms with Crippen LogP contribution >= 0.6 is 22.9 Å². The zero-order valence-electron chi connectivity index (χ0n) is 13.1. The smallest absolute Gasteiger partial charge is 0.324 e. The minimum absolute atomic E-state index is 0.424. The number of carbonyl (C=O) groups is 2. The van der Waals surface area contributed by atoms with Gasteiger partial charge in [0.15, 0.2) is 0 Å². The number of rotatable bonds is 3. The lowest BCUT2D eigenvalue weighted by Crippen LogP contribution is -2.27. The number of thiophene rings is 1. The van der Waals surface area contributed by atoms with Gasteiger partial charge in [0.2, 0.25) is 0 Å². The van der Waals surface area contributed by atoms with Crippen LogP contribution in [0.4, 0.5) is 15.5 Å². The highest BCUT2D eigenvalue weighted by Gasteiger charge is 2.26. The van der Waals surface area contributed by atoms with Crippen LogP contribution in [-0.2, 0) is 13.0 Å². The van der Waals surface area contributed by atoms with E-state index in [0.717, 1.165) is 30.0 Å². The molecule has 126 valence electrons. The van der Waals surface area contributed by atoms with Crippen molar-refractivity contribution in [3.63, 3.8) is 0 Å². The summed E-state index contributed by atoms with van der Waals surface area (Å²) in [7, 11) is 2.02. The normalized spacial score (nSPS) is 14.1. The molecule has 3 amide bonds. The Balaban J connectivity index is 1.80. The molecule has 0 unspecified atom stereocenters. The van der Waals surface area contributed by atoms with Crippen LogP contribution in [0.15, 0.2) is 24.3 Å². The second kappa shape index (κ2) is 6.80. The zero-order chi connectivity index (χ0) is 17.3. The first-order valence-corrected chi connectivity index (χ1v) is 8.60. The van der Waals surface area contributed by atoms with Crippen molar-refractivity contribution in [2.75, 3.05) is 24.2 Å². The van der Waals surface area contributed by atoms with Crippen LogP contribution in [0.5, 0.6) is 0 Å². The number of halogens is 1. The number of nitrogens with one attached hydrogen (secondary N) is 2. The van der Waals surface area contributed by atoms with Crippen molar-refractivity contribution in [3.05, 3.63) is 45.3 Å². The molecule has 1 aromatic heterocycles. The summed E-state index contributed by atoms with van der Waals surface area (Å²) in [5.41, 5.74) is 7.52. The summed E-state index contributed by atoms with van der Waals surface area (Å²) in [4.78, 5) is 27.3. The Kier molecular flexibility index (Phi) is 4.75. The van der Waals surface area contributed by atoms with Gasteiger partial charge in [-0.1, -0.05) is 11.6 Å². The number of carbonyl (C=O) groups excluding carboxylic acids is 2. The van der Waals surface area contributed by atoms with Crippen molar-refractivity contribution in [2.24, 2.45) is 5.73 Å². The van der Waals surface area contributed by atoms with E-state index in [9.17, 15) is 9.59 Å². The predicted molar refractivity (Wildman–Crippen MR) is 97.0 cm³/mol. The van der Waals surface area contributed by atoms with Gasteiger partial charge in [0, 0.05) is 28.7 Å². The SMILES string of the molecule is CN1CCc2c(sc(NC(=O)Nc3ccc(Cl)cc3)c2C(N)=O)C1. The third-order valence-electron chi connectivity index (χ3n) is 3.82. The molecule has 1 aliphatic rings. The Labute approximate surface area is 148 Å². The van der Waals surface area contributed by atoms with Gasteiger partial charge in [-0.15, -0.1) is 11.3 Å². The topological polar surface area (TPSA) is 87.5 Å². The first-order valence-electron chi connectivity index (χ1n) is 7.40. The van der Waals surface area contributed by atoms with E-state index in [-0.39, 0.29) is 0 Å². The van der Waals surface area contributed by atoms with Crippen molar-refractivity contribution >= 4 is 45.6 Å². The number of urea groups is 1. The van der Waals surface area contributed by atoms with Crippen LogP contribution in [0.3, 0.4) is 0 Å². The van der Waals surface area contributed by atoms with E-state index < -0.39 is 11.9 Å². The fourth-order valence-corrected chi connectivity index (χ4v) is 4.13. The Hall–Kier alpha value is -2.09. The molecule has 1 aromatic carbocycles. The van der Waals surface area contributed by atoms with Crippen LogP contribution in [0.1, 0.15) is 20.8 Å². The molecule has 0 aliphatic carbocycles. The summed E-state index contributed by atoms with van der Waals surface area (Å²) in [6, 6.07) is 6.35. The fourth-order valence-electron chi connectivity index (χ4n) is 2.68. The number of anilines is 2. The fraction of sp³-hybridized carbons (Fsp3) is 0.250. The maximum atomic E-state index is 12.2. The highest BCUT2D eigenvalue weighted by molar-refractivity contribution is 7.17. The van der Waals surface area contributed by atoms with Gasteiger partial charge in [-0.2, -0.15) is 0 Å². The lowest BCUT2D eigenvalue weighted by molar-refractivity contribution is 0.1000. The van der Waals surface area contributed by atoms with Gasteiger partial charge in [-0.3, -0.25) is 10.1 Å². The summed E-state index contributed by atoms with van der Waals surface area (Å²) in [6.07, 6.45) is 0.751. The van der Waals surface area contributed by atoms with Gasteiger partial charge in [0.1, 0.15) is 5.00 Å². The zero-order valence-corrected chi connectivity index (χ0v) is 14.6. The number of amides is 3. The molecule has 0 atom stereocenters. The van der Waals surface area contributed by atoms with Gasteiger partial charge in [-0.05, 0) is 43.3 Å². The number of benzene rings is 1. The molecule has 2 heterocycles. The Morgan fingerprint density at radius 1 is 1.25 bits per heavy atom. The van der Waals surface area contributed by atoms with E-state index in [1.165, 1.54) is 11.3 Å². The van der Waals surface area contributed by atoms with Gasteiger partial charge in [-0.25, -0.2) is 4.79 Å². The second-order valence-corrected chi connectivity index (χ2v) is 7.19. The predicted octanol–water partition coefficient (Wildman–Crippen LogP) is 3.13. The van der Waals surface area contributed by atoms with E-state index >= 15 is 0 Å². The molecule has 2 aromatic rings. The maximum Gasteiger partial charge on any atom is 0.324 e. The van der Waals surface area contributed by atoms with Gasteiger partial charge in [0.25, 0.3) is 5.91 Å². The first kappa shape index (κ1) is 16.8. The van der Waals surface area contributed by atoms with Crippen LogP contribution < -0.4 is 16.4 Å². The molecule has 0 saturated carbocycles. The van der Waals surface area contributed by atoms with Crippen LogP contribution in [0.2, 0.25) is 5.02 Å². The largest absolute Gasteiger partial charge is 0.365 e. The molecule has 8 heteroatoms. The molecule has 0 spiro atoms. The third kappa shape index (κ3) is 3.53. The molecule has 0 bridgehead atoms. The number of hydrogen-bond donors (Lipinski definition) is 3. The molecule has 6 nitrogen and oxygen atoms in total. The van der Waals surface area contributed by atoms with Crippen molar-refractivity contribution in [3.8, 4) is 0 Å². The number of hydrogen-bond acceptors (Lipinski definition) is 4. The first-order chi connectivity index (χ1) is 11.4. The highest BCUT2D eigenvalue weighted by atomic mass is 35.5. The molecule has 0 fully saturated rings. The average molecular weight is 365 g/mol. The quantitative estimate of drug-likeness (QED) is 0.781. The van der Waals surface area contributed by atoms with E-state index in [4.69, 9.17) is 17.3 Å². The van der Waals surface area contributed by atoms with Crippen LogP contribution in [0, 0.1) is 0 Å². The monoisotopic (exact) mass is 364 g/mol. The lowest BCUT2D eigenvalue weighted by Gasteiger charge is -2.22. The minimum atomic E-state index is -0.515. The molecular formula is C16H17ClN4O2S.